The number of carbonyl (C=O) groups excluding carboxylic acids is 1. The Kier molecular flexibility index (Phi) is 23.2. The van der Waals surface area contributed by atoms with Crippen LogP contribution in [0.15, 0.2) is 30.6 Å². The molecule has 1 aromatic rings. The van der Waals surface area contributed by atoms with Gasteiger partial charge in [0.25, 0.3) is 0 Å². The third-order valence-electron chi connectivity index (χ3n) is 6.15. The number of aryl methyl sites for hydroxylation is 1. The van der Waals surface area contributed by atoms with E-state index in [9.17, 15) is 9.90 Å². The molecule has 1 aromatic heterocycles. The highest BCUT2D eigenvalue weighted by Crippen LogP contribution is 2.13. The number of carboxylic acid groups (broad SMARTS) is 1. The van der Waals surface area contributed by atoms with Crippen molar-refractivity contribution in [3.8, 4) is 0 Å². The Bertz CT molecular complexity index is 497. The van der Waals surface area contributed by atoms with E-state index in [2.05, 4.69) is 42.1 Å². The Morgan fingerprint density at radius 2 is 1.03 bits per heavy atom. The average molecular weight is 448 g/mol. The first kappa shape index (κ1) is 30.6. The highest BCUT2D eigenvalue weighted by molar-refractivity contribution is 5.67. The number of hydrogen-bond donors (Lipinski definition) is 0. The smallest absolute Gasteiger partial charge is 0.168 e. The number of aliphatic carboxylic acids is 1. The van der Waals surface area contributed by atoms with E-state index in [4.69, 9.17) is 0 Å². The number of carbonyl (C=O) groups is 1. The van der Waals surface area contributed by atoms with Crippen molar-refractivity contribution in [2.24, 2.45) is 5.92 Å². The SMILES string of the molecule is CCCC(CCC)C(=O)[O-].CCCCCCCCCCCCCCCC[n+]1ccccc1. The van der Waals surface area contributed by atoms with Gasteiger partial charge in [-0.25, -0.2) is 4.57 Å². The maximum absolute atomic E-state index is 10.4. The van der Waals surface area contributed by atoms with Crippen LogP contribution in [0, 0.1) is 5.92 Å². The largest absolute Gasteiger partial charge is 0.550 e. The van der Waals surface area contributed by atoms with Crippen LogP contribution in [-0.2, 0) is 11.3 Å². The normalized spacial score (nSPS) is 10.8. The van der Waals surface area contributed by atoms with Crippen molar-refractivity contribution in [2.45, 2.75) is 143 Å². The molecule has 0 spiro atoms. The summed E-state index contributed by atoms with van der Waals surface area (Å²) in [6, 6.07) is 6.31. The first-order valence-corrected chi connectivity index (χ1v) is 13.8. The molecule has 0 atom stereocenters. The minimum Gasteiger partial charge on any atom is -0.550 e. The van der Waals surface area contributed by atoms with Crippen LogP contribution >= 0.6 is 0 Å². The molecule has 0 saturated heterocycles. The van der Waals surface area contributed by atoms with Crippen LogP contribution in [0.4, 0.5) is 0 Å². The molecular weight excluding hydrogens is 394 g/mol. The maximum atomic E-state index is 10.4. The average Bonchev–Trinajstić information content (AvgIpc) is 2.80. The van der Waals surface area contributed by atoms with E-state index in [0.29, 0.717) is 0 Å². The molecule has 0 amide bonds. The molecule has 0 aliphatic rings. The molecule has 0 aliphatic heterocycles. The number of rotatable bonds is 20. The molecule has 0 aliphatic carbocycles. The van der Waals surface area contributed by atoms with Crippen LogP contribution in [0.5, 0.6) is 0 Å². The van der Waals surface area contributed by atoms with E-state index in [1.54, 1.807) is 0 Å². The molecule has 3 nitrogen and oxygen atoms in total. The second kappa shape index (κ2) is 24.3. The zero-order chi connectivity index (χ0) is 23.7. The summed E-state index contributed by atoms with van der Waals surface area (Å²) in [5.74, 6) is -1.10. The van der Waals surface area contributed by atoms with Gasteiger partial charge in [-0.15, -0.1) is 0 Å². The first-order chi connectivity index (χ1) is 15.7. The fourth-order valence-corrected chi connectivity index (χ4v) is 4.15. The van der Waals surface area contributed by atoms with Crippen molar-refractivity contribution >= 4 is 5.97 Å². The molecule has 1 rings (SSSR count). The van der Waals surface area contributed by atoms with Crippen molar-refractivity contribution in [1.29, 1.82) is 0 Å². The van der Waals surface area contributed by atoms with E-state index in [0.717, 1.165) is 25.7 Å². The highest BCUT2D eigenvalue weighted by Gasteiger charge is 2.06. The summed E-state index contributed by atoms with van der Waals surface area (Å²) in [6.07, 6.45) is 27.8. The van der Waals surface area contributed by atoms with E-state index in [-0.39, 0.29) is 5.92 Å². The minimum absolute atomic E-state index is 0.213. The van der Waals surface area contributed by atoms with Crippen LogP contribution in [0.3, 0.4) is 0 Å². The van der Waals surface area contributed by atoms with Gasteiger partial charge in [0, 0.05) is 24.5 Å². The number of carboxylic acids is 1. The molecule has 3 heteroatoms. The van der Waals surface area contributed by atoms with Gasteiger partial charge in [0.2, 0.25) is 0 Å². The summed E-state index contributed by atoms with van der Waals surface area (Å²) in [5.41, 5.74) is 0. The number of hydrogen-bond acceptors (Lipinski definition) is 2. The van der Waals surface area contributed by atoms with E-state index in [1.807, 2.05) is 13.8 Å². The number of pyridine rings is 1. The Morgan fingerprint density at radius 3 is 1.41 bits per heavy atom. The van der Waals surface area contributed by atoms with Gasteiger partial charge in [0.05, 0.1) is 0 Å². The molecule has 0 radical (unpaired) electrons. The standard InChI is InChI=1S/C21H38N.C8H16O2/c1-2-3-4-5-6-7-8-9-10-11-12-13-14-16-19-22-20-17-15-18-21-22;1-3-5-7(6-4-2)8(9)10/h15,17-18,20-21H,2-14,16,19H2,1H3;7H,3-6H2,1-2H3,(H,9,10)/q+1;/p-1. The van der Waals surface area contributed by atoms with Crippen LogP contribution < -0.4 is 9.67 Å². The Balaban J connectivity index is 0.000000809. The summed E-state index contributed by atoms with van der Waals surface area (Å²) in [5, 5.41) is 10.4. The van der Waals surface area contributed by atoms with Crippen molar-refractivity contribution in [3.63, 3.8) is 0 Å². The fourth-order valence-electron chi connectivity index (χ4n) is 4.15. The lowest BCUT2D eigenvalue weighted by Crippen LogP contribution is -2.32. The van der Waals surface area contributed by atoms with E-state index in [1.165, 1.54) is 96.4 Å². The lowest BCUT2D eigenvalue weighted by molar-refractivity contribution is -0.697. The fraction of sp³-hybridized carbons (Fsp3) is 0.793. The number of unbranched alkanes of at least 4 members (excludes halogenated alkanes) is 13. The van der Waals surface area contributed by atoms with Crippen LogP contribution in [0.2, 0.25) is 0 Å². The minimum atomic E-state index is -0.885. The van der Waals surface area contributed by atoms with Crippen LogP contribution in [0.1, 0.15) is 136 Å². The predicted octanol–water partition coefficient (Wildman–Crippen LogP) is 7.41. The van der Waals surface area contributed by atoms with Gasteiger partial charge in [-0.1, -0.05) is 117 Å². The second-order valence-corrected chi connectivity index (χ2v) is 9.30. The monoisotopic (exact) mass is 447 g/mol. The molecule has 186 valence electrons. The van der Waals surface area contributed by atoms with Gasteiger partial charge in [-0.05, 0) is 25.2 Å². The third-order valence-corrected chi connectivity index (χ3v) is 6.15. The quantitative estimate of drug-likeness (QED) is 0.154. The predicted molar refractivity (Wildman–Crippen MR) is 135 cm³/mol. The molecule has 0 aromatic carbocycles. The van der Waals surface area contributed by atoms with Gasteiger partial charge in [-0.2, -0.15) is 0 Å². The molecule has 0 bridgehead atoms. The van der Waals surface area contributed by atoms with Crippen LogP contribution in [-0.4, -0.2) is 5.97 Å². The first-order valence-electron chi connectivity index (χ1n) is 13.8. The van der Waals surface area contributed by atoms with Gasteiger partial charge in [0.1, 0.15) is 6.54 Å². The summed E-state index contributed by atoms with van der Waals surface area (Å²) in [6.45, 7) is 7.45. The van der Waals surface area contributed by atoms with Gasteiger partial charge >= 0.3 is 0 Å². The van der Waals surface area contributed by atoms with E-state index < -0.39 is 5.97 Å². The van der Waals surface area contributed by atoms with Gasteiger partial charge in [0.15, 0.2) is 12.4 Å². The summed E-state index contributed by atoms with van der Waals surface area (Å²) >= 11 is 0. The van der Waals surface area contributed by atoms with Gasteiger partial charge < -0.3 is 9.90 Å². The number of nitrogens with zero attached hydrogens (tertiary/aromatic N) is 1. The molecule has 0 unspecified atom stereocenters. The Labute approximate surface area is 200 Å². The Morgan fingerprint density at radius 1 is 0.625 bits per heavy atom. The van der Waals surface area contributed by atoms with Crippen molar-refractivity contribution in [1.82, 2.24) is 0 Å². The molecule has 32 heavy (non-hydrogen) atoms. The zero-order valence-electron chi connectivity index (χ0n) is 21.7. The molecular formula is C29H53NO2. The summed E-state index contributed by atoms with van der Waals surface area (Å²) < 4.78 is 2.29. The maximum Gasteiger partial charge on any atom is 0.168 e. The molecule has 0 N–H and O–H groups in total. The number of aromatic nitrogens is 1. The molecule has 1 heterocycles. The third kappa shape index (κ3) is 20.5. The van der Waals surface area contributed by atoms with Crippen molar-refractivity contribution < 1.29 is 14.5 Å². The summed E-state index contributed by atoms with van der Waals surface area (Å²) in [4.78, 5) is 10.4. The van der Waals surface area contributed by atoms with Crippen molar-refractivity contribution in [3.05, 3.63) is 30.6 Å². The Hall–Kier alpha value is -1.38. The molecule has 0 saturated carbocycles. The zero-order valence-corrected chi connectivity index (χ0v) is 21.7. The van der Waals surface area contributed by atoms with Crippen LogP contribution in [0.25, 0.3) is 0 Å². The van der Waals surface area contributed by atoms with Crippen molar-refractivity contribution in [2.75, 3.05) is 0 Å². The van der Waals surface area contributed by atoms with Gasteiger partial charge in [-0.3, -0.25) is 0 Å². The van der Waals surface area contributed by atoms with E-state index >= 15 is 0 Å². The lowest BCUT2D eigenvalue weighted by Gasteiger charge is -2.15. The second-order valence-electron chi connectivity index (χ2n) is 9.30. The molecule has 0 fully saturated rings. The summed E-state index contributed by atoms with van der Waals surface area (Å²) in [7, 11) is 0. The lowest BCUT2D eigenvalue weighted by atomic mass is 9.99. The topological polar surface area (TPSA) is 44.0 Å². The highest BCUT2D eigenvalue weighted by atomic mass is 16.4.